The van der Waals surface area contributed by atoms with E-state index in [1.54, 1.807) is 12.3 Å². The topological polar surface area (TPSA) is 91.0 Å². The zero-order valence-electron chi connectivity index (χ0n) is 17.0. The first-order valence-electron chi connectivity index (χ1n) is 9.98. The number of hydrogen-bond donors (Lipinski definition) is 1. The lowest BCUT2D eigenvalue weighted by atomic mass is 10.1. The van der Waals surface area contributed by atoms with E-state index in [4.69, 9.17) is 5.73 Å². The first-order valence-corrected chi connectivity index (χ1v) is 9.98. The summed E-state index contributed by atoms with van der Waals surface area (Å²) in [6.45, 7) is 5.01. The molecule has 1 aromatic heterocycles. The van der Waals surface area contributed by atoms with Crippen LogP contribution in [0.5, 0.6) is 0 Å². The predicted molar refractivity (Wildman–Crippen MR) is 114 cm³/mol. The molecular formula is C21H27N7O. The van der Waals surface area contributed by atoms with Crippen molar-refractivity contribution >= 4 is 23.1 Å². The number of benzene rings is 1. The number of hydrazone groups is 1. The van der Waals surface area contributed by atoms with Crippen LogP contribution in [0.1, 0.15) is 35.9 Å². The van der Waals surface area contributed by atoms with Gasteiger partial charge in [0, 0.05) is 49.6 Å². The quantitative estimate of drug-likeness (QED) is 0.835. The number of likely N-dealkylation sites (tertiary alicyclic amines) is 1. The highest BCUT2D eigenvalue weighted by Gasteiger charge is 2.29. The third-order valence-electron chi connectivity index (χ3n) is 5.58. The van der Waals surface area contributed by atoms with Crippen LogP contribution in [0.25, 0.3) is 0 Å². The van der Waals surface area contributed by atoms with Gasteiger partial charge in [-0.3, -0.25) is 14.7 Å². The number of anilines is 2. The van der Waals surface area contributed by atoms with Crippen molar-refractivity contribution in [2.45, 2.75) is 32.4 Å². The minimum atomic E-state index is 0.0776. The van der Waals surface area contributed by atoms with Gasteiger partial charge in [0.05, 0.1) is 12.2 Å². The second-order valence-electron chi connectivity index (χ2n) is 7.76. The maximum absolute atomic E-state index is 12.9. The Labute approximate surface area is 171 Å². The van der Waals surface area contributed by atoms with Gasteiger partial charge in [0.15, 0.2) is 0 Å². The number of carbonyl (C=O) groups is 1. The van der Waals surface area contributed by atoms with Gasteiger partial charge in [0.2, 0.25) is 0 Å². The Kier molecular flexibility index (Phi) is 5.44. The Morgan fingerprint density at radius 2 is 2.03 bits per heavy atom. The number of nitrogens with zero attached hydrogens (tertiary/aromatic N) is 6. The molecule has 29 heavy (non-hydrogen) atoms. The van der Waals surface area contributed by atoms with E-state index in [0.717, 1.165) is 42.9 Å². The van der Waals surface area contributed by atoms with E-state index < -0.39 is 0 Å². The number of hydrogen-bond acceptors (Lipinski definition) is 7. The minimum absolute atomic E-state index is 0.0776. The van der Waals surface area contributed by atoms with Gasteiger partial charge in [-0.05, 0) is 50.7 Å². The highest BCUT2D eigenvalue weighted by atomic mass is 16.2. The number of nitrogen functional groups attached to an aromatic ring is 1. The first kappa shape index (κ1) is 19.3. The molecule has 1 atom stereocenters. The second kappa shape index (κ2) is 8.16. The van der Waals surface area contributed by atoms with Crippen molar-refractivity contribution in [2.75, 3.05) is 37.4 Å². The van der Waals surface area contributed by atoms with E-state index in [0.29, 0.717) is 24.7 Å². The maximum atomic E-state index is 12.9. The Morgan fingerprint density at radius 3 is 2.72 bits per heavy atom. The monoisotopic (exact) mass is 393 g/mol. The lowest BCUT2D eigenvalue weighted by molar-refractivity contribution is 0.0779. The average molecular weight is 393 g/mol. The van der Waals surface area contributed by atoms with Gasteiger partial charge in [-0.1, -0.05) is 0 Å². The van der Waals surface area contributed by atoms with Crippen LogP contribution < -0.4 is 10.7 Å². The molecule has 3 heterocycles. The second-order valence-corrected chi connectivity index (χ2v) is 7.76. The van der Waals surface area contributed by atoms with Gasteiger partial charge in [0.1, 0.15) is 11.6 Å². The summed E-state index contributed by atoms with van der Waals surface area (Å²) in [5.74, 6) is 1.26. The summed E-state index contributed by atoms with van der Waals surface area (Å²) < 4.78 is 0. The van der Waals surface area contributed by atoms with Crippen LogP contribution in [0.2, 0.25) is 0 Å². The zero-order valence-corrected chi connectivity index (χ0v) is 17.0. The normalized spacial score (nSPS) is 19.1. The van der Waals surface area contributed by atoms with Gasteiger partial charge in [0.25, 0.3) is 5.91 Å². The van der Waals surface area contributed by atoms with Crippen molar-refractivity contribution in [3.8, 4) is 0 Å². The molecule has 8 heteroatoms. The molecule has 1 amide bonds. The number of aromatic nitrogens is 2. The molecule has 1 unspecified atom stereocenters. The Morgan fingerprint density at radius 1 is 1.24 bits per heavy atom. The highest BCUT2D eigenvalue weighted by Crippen LogP contribution is 2.22. The molecule has 0 aliphatic carbocycles. The van der Waals surface area contributed by atoms with Crippen molar-refractivity contribution in [1.82, 2.24) is 19.8 Å². The number of likely N-dealkylation sites (N-methyl/N-ethyl adjacent to an activating group) is 1. The molecular weight excluding hydrogens is 366 g/mol. The van der Waals surface area contributed by atoms with Crippen LogP contribution >= 0.6 is 0 Å². The van der Waals surface area contributed by atoms with Crippen LogP contribution in [0.15, 0.2) is 41.6 Å². The maximum Gasteiger partial charge on any atom is 0.253 e. The van der Waals surface area contributed by atoms with Crippen molar-refractivity contribution in [3.05, 3.63) is 47.9 Å². The molecule has 2 aromatic rings. The van der Waals surface area contributed by atoms with Gasteiger partial charge in [-0.2, -0.15) is 5.10 Å². The molecule has 0 radical (unpaired) electrons. The molecule has 1 saturated heterocycles. The van der Waals surface area contributed by atoms with Crippen molar-refractivity contribution < 1.29 is 4.79 Å². The summed E-state index contributed by atoms with van der Waals surface area (Å²) in [5.41, 5.74) is 8.62. The van der Waals surface area contributed by atoms with Crippen molar-refractivity contribution in [3.63, 3.8) is 0 Å². The molecule has 0 spiro atoms. The molecule has 2 N–H and O–H groups in total. The summed E-state index contributed by atoms with van der Waals surface area (Å²) in [7, 11) is 2.04. The Balaban J connectivity index is 1.35. The molecule has 0 bridgehead atoms. The van der Waals surface area contributed by atoms with Crippen LogP contribution in [0, 0.1) is 0 Å². The summed E-state index contributed by atoms with van der Waals surface area (Å²) in [6.07, 6.45) is 3.60. The average Bonchev–Trinajstić information content (AvgIpc) is 3.37. The fourth-order valence-corrected chi connectivity index (χ4v) is 3.85. The van der Waals surface area contributed by atoms with E-state index in [9.17, 15) is 4.79 Å². The van der Waals surface area contributed by atoms with E-state index in [1.807, 2.05) is 48.1 Å². The predicted octanol–water partition coefficient (Wildman–Crippen LogP) is 1.99. The van der Waals surface area contributed by atoms with Gasteiger partial charge in [-0.15, -0.1) is 0 Å². The fraction of sp³-hybridized carbons (Fsp3) is 0.429. The first-order chi connectivity index (χ1) is 14.0. The van der Waals surface area contributed by atoms with Crippen molar-refractivity contribution in [1.29, 1.82) is 0 Å². The van der Waals surface area contributed by atoms with Crippen LogP contribution in [-0.4, -0.2) is 64.1 Å². The molecule has 152 valence electrons. The largest absolute Gasteiger partial charge is 0.384 e. The summed E-state index contributed by atoms with van der Waals surface area (Å²) in [6, 6.07) is 9.72. The van der Waals surface area contributed by atoms with Gasteiger partial charge in [-0.25, -0.2) is 9.97 Å². The summed E-state index contributed by atoms with van der Waals surface area (Å²) >= 11 is 0. The molecule has 8 nitrogen and oxygen atoms in total. The molecule has 2 aliphatic heterocycles. The SMILES string of the molecule is CC1=NN(c2ccc(C(=O)N3CCC(N(C)Cc4nccc(N)n4)C3)cc2)CC1. The van der Waals surface area contributed by atoms with E-state index in [2.05, 4.69) is 20.0 Å². The number of amides is 1. The zero-order chi connectivity index (χ0) is 20.4. The minimum Gasteiger partial charge on any atom is -0.384 e. The third-order valence-corrected chi connectivity index (χ3v) is 5.58. The van der Waals surface area contributed by atoms with E-state index in [-0.39, 0.29) is 11.9 Å². The molecule has 1 fully saturated rings. The number of carbonyl (C=O) groups excluding carboxylic acids is 1. The fourth-order valence-electron chi connectivity index (χ4n) is 3.85. The smallest absolute Gasteiger partial charge is 0.253 e. The standard InChI is InChI=1S/C21H27N7O/c1-15-8-12-28(25-15)17-5-3-16(4-6-17)21(29)27-11-9-18(13-27)26(2)14-20-23-10-7-19(22)24-20/h3-7,10,18H,8-9,11-14H2,1-2H3,(H2,22,23,24). The molecule has 1 aromatic carbocycles. The van der Waals surface area contributed by atoms with Crippen LogP contribution in [0.4, 0.5) is 11.5 Å². The Bertz CT molecular complexity index is 912. The van der Waals surface area contributed by atoms with Crippen molar-refractivity contribution in [2.24, 2.45) is 5.10 Å². The lowest BCUT2D eigenvalue weighted by Gasteiger charge is -2.24. The summed E-state index contributed by atoms with van der Waals surface area (Å²) in [4.78, 5) is 25.6. The van der Waals surface area contributed by atoms with E-state index >= 15 is 0 Å². The molecule has 0 saturated carbocycles. The molecule has 4 rings (SSSR count). The van der Waals surface area contributed by atoms with Gasteiger partial charge >= 0.3 is 0 Å². The third kappa shape index (κ3) is 4.37. The van der Waals surface area contributed by atoms with Crippen LogP contribution in [-0.2, 0) is 6.54 Å². The lowest BCUT2D eigenvalue weighted by Crippen LogP contribution is -2.36. The molecule has 2 aliphatic rings. The van der Waals surface area contributed by atoms with Gasteiger partial charge < -0.3 is 10.6 Å². The number of rotatable bonds is 5. The van der Waals surface area contributed by atoms with E-state index in [1.165, 1.54) is 0 Å². The number of nitrogens with two attached hydrogens (primary N) is 1. The summed E-state index contributed by atoms with van der Waals surface area (Å²) in [5, 5.41) is 6.50. The highest BCUT2D eigenvalue weighted by molar-refractivity contribution is 5.95. The Hall–Kier alpha value is -3.00. The van der Waals surface area contributed by atoms with Crippen LogP contribution in [0.3, 0.4) is 0 Å².